The average Bonchev–Trinajstić information content (AvgIpc) is 3.33. The normalized spacial score (nSPS) is 18.1. The lowest BCUT2D eigenvalue weighted by atomic mass is 9.99. The van der Waals surface area contributed by atoms with Gasteiger partial charge in [-0.25, -0.2) is 4.98 Å². The lowest BCUT2D eigenvalue weighted by Crippen LogP contribution is -2.38. The lowest BCUT2D eigenvalue weighted by Gasteiger charge is -2.31. The maximum atomic E-state index is 9.46. The second-order valence-electron chi connectivity index (χ2n) is 7.43. The number of piperidine rings is 1. The summed E-state index contributed by atoms with van der Waals surface area (Å²) in [6, 6.07) is 12.3. The monoisotopic (exact) mass is 365 g/mol. The molecule has 4 rings (SSSR count). The second-order valence-corrected chi connectivity index (χ2v) is 7.43. The van der Waals surface area contributed by atoms with Gasteiger partial charge >= 0.3 is 0 Å². The number of aromatic nitrogens is 4. The Morgan fingerprint density at radius 2 is 2.07 bits per heavy atom. The summed E-state index contributed by atoms with van der Waals surface area (Å²) in [7, 11) is 0. The van der Waals surface area contributed by atoms with E-state index in [-0.39, 0.29) is 6.61 Å². The molecule has 1 aliphatic heterocycles. The number of aliphatic hydroxyl groups is 1. The highest BCUT2D eigenvalue weighted by molar-refractivity contribution is 5.76. The minimum atomic E-state index is 0.289. The molecule has 1 saturated heterocycles. The zero-order chi connectivity index (χ0) is 18.6. The van der Waals surface area contributed by atoms with E-state index in [1.54, 1.807) is 0 Å². The Hall–Kier alpha value is -2.44. The fraction of sp³-hybridized carbons (Fsp3) is 0.429. The molecule has 3 heterocycles. The van der Waals surface area contributed by atoms with Crippen molar-refractivity contribution in [2.75, 3.05) is 26.2 Å². The van der Waals surface area contributed by atoms with Gasteiger partial charge in [0.15, 0.2) is 0 Å². The SMILES string of the molecule is Cc1cc(-c2c(-c3ccccc3)ncn2CCN2CCC[C@@H](CO)C2)n[nH]1. The zero-order valence-corrected chi connectivity index (χ0v) is 15.8. The van der Waals surface area contributed by atoms with Gasteiger partial charge in [-0.1, -0.05) is 30.3 Å². The summed E-state index contributed by atoms with van der Waals surface area (Å²) in [6.07, 6.45) is 4.22. The van der Waals surface area contributed by atoms with E-state index in [1.807, 2.05) is 31.5 Å². The molecule has 0 amide bonds. The third-order valence-electron chi connectivity index (χ3n) is 5.35. The third kappa shape index (κ3) is 3.96. The fourth-order valence-corrected chi connectivity index (χ4v) is 3.92. The molecule has 6 heteroatoms. The van der Waals surface area contributed by atoms with Crippen LogP contribution >= 0.6 is 0 Å². The standard InChI is InChI=1S/C21H27N5O/c1-16-12-19(24-23-16)21-20(18-7-3-2-4-8-18)22-15-26(21)11-10-25-9-5-6-17(13-25)14-27/h2-4,7-8,12,15,17,27H,5-6,9-11,13-14H2,1H3,(H,23,24)/t17-/m1/s1. The Labute approximate surface area is 159 Å². The van der Waals surface area contributed by atoms with Crippen molar-refractivity contribution in [3.05, 3.63) is 48.4 Å². The van der Waals surface area contributed by atoms with Crippen molar-refractivity contribution in [3.8, 4) is 22.6 Å². The van der Waals surface area contributed by atoms with Crippen LogP contribution in [-0.4, -0.2) is 56.0 Å². The van der Waals surface area contributed by atoms with E-state index < -0.39 is 0 Å². The lowest BCUT2D eigenvalue weighted by molar-refractivity contribution is 0.118. The van der Waals surface area contributed by atoms with E-state index in [4.69, 9.17) is 4.98 Å². The number of nitrogens with zero attached hydrogens (tertiary/aromatic N) is 4. The van der Waals surface area contributed by atoms with Crippen molar-refractivity contribution in [1.82, 2.24) is 24.6 Å². The van der Waals surface area contributed by atoms with Gasteiger partial charge in [0.05, 0.1) is 17.7 Å². The maximum absolute atomic E-state index is 9.46. The molecule has 1 atom stereocenters. The van der Waals surface area contributed by atoms with Crippen molar-refractivity contribution in [1.29, 1.82) is 0 Å². The van der Waals surface area contributed by atoms with Crippen molar-refractivity contribution in [3.63, 3.8) is 0 Å². The predicted molar refractivity (Wildman–Crippen MR) is 106 cm³/mol. The number of aryl methyl sites for hydroxylation is 1. The van der Waals surface area contributed by atoms with Crippen LogP contribution in [0, 0.1) is 12.8 Å². The van der Waals surface area contributed by atoms with Gasteiger partial charge in [-0.2, -0.15) is 5.10 Å². The van der Waals surface area contributed by atoms with Crippen LogP contribution in [0.1, 0.15) is 18.5 Å². The molecule has 27 heavy (non-hydrogen) atoms. The summed E-state index contributed by atoms with van der Waals surface area (Å²) in [5, 5.41) is 17.0. The predicted octanol–water partition coefficient (Wildman–Crippen LogP) is 2.95. The van der Waals surface area contributed by atoms with E-state index >= 15 is 0 Å². The quantitative estimate of drug-likeness (QED) is 0.705. The first kappa shape index (κ1) is 17.9. The smallest absolute Gasteiger partial charge is 0.111 e. The van der Waals surface area contributed by atoms with Crippen LogP contribution in [0.15, 0.2) is 42.7 Å². The molecule has 2 aromatic heterocycles. The fourth-order valence-electron chi connectivity index (χ4n) is 3.92. The molecule has 1 aliphatic rings. The summed E-state index contributed by atoms with van der Waals surface area (Å²) in [6.45, 7) is 6.21. The Bertz CT molecular complexity index is 870. The van der Waals surface area contributed by atoms with Crippen LogP contribution in [0.25, 0.3) is 22.6 Å². The first-order chi connectivity index (χ1) is 13.2. The number of aromatic amines is 1. The minimum absolute atomic E-state index is 0.289. The highest BCUT2D eigenvalue weighted by Crippen LogP contribution is 2.30. The molecular weight excluding hydrogens is 338 g/mol. The summed E-state index contributed by atoms with van der Waals surface area (Å²) in [4.78, 5) is 7.17. The molecule has 3 aromatic rings. The number of hydrogen-bond donors (Lipinski definition) is 2. The number of likely N-dealkylation sites (tertiary alicyclic amines) is 1. The molecule has 0 saturated carbocycles. The number of nitrogens with one attached hydrogen (secondary N) is 1. The molecule has 0 radical (unpaired) electrons. The molecule has 0 bridgehead atoms. The van der Waals surface area contributed by atoms with E-state index in [0.29, 0.717) is 5.92 Å². The van der Waals surface area contributed by atoms with Crippen molar-refractivity contribution in [2.24, 2.45) is 5.92 Å². The molecule has 0 unspecified atom stereocenters. The Morgan fingerprint density at radius 1 is 1.22 bits per heavy atom. The summed E-state index contributed by atoms with van der Waals surface area (Å²) in [5.41, 5.74) is 5.09. The topological polar surface area (TPSA) is 70.0 Å². The van der Waals surface area contributed by atoms with Crippen LogP contribution in [0.2, 0.25) is 0 Å². The van der Waals surface area contributed by atoms with Crippen LogP contribution in [-0.2, 0) is 6.54 Å². The highest BCUT2D eigenvalue weighted by atomic mass is 16.3. The van der Waals surface area contributed by atoms with Crippen LogP contribution < -0.4 is 0 Å². The minimum Gasteiger partial charge on any atom is -0.396 e. The van der Waals surface area contributed by atoms with Crippen LogP contribution in [0.3, 0.4) is 0 Å². The molecular formula is C21H27N5O. The van der Waals surface area contributed by atoms with Crippen LogP contribution in [0.5, 0.6) is 0 Å². The Morgan fingerprint density at radius 3 is 2.81 bits per heavy atom. The van der Waals surface area contributed by atoms with E-state index in [1.165, 1.54) is 0 Å². The first-order valence-electron chi connectivity index (χ1n) is 9.70. The Balaban J connectivity index is 1.60. The molecule has 1 fully saturated rings. The molecule has 2 N–H and O–H groups in total. The molecule has 6 nitrogen and oxygen atoms in total. The summed E-state index contributed by atoms with van der Waals surface area (Å²) in [5.74, 6) is 0.412. The maximum Gasteiger partial charge on any atom is 0.111 e. The van der Waals surface area contributed by atoms with E-state index in [2.05, 4.69) is 37.9 Å². The van der Waals surface area contributed by atoms with Crippen molar-refractivity contribution in [2.45, 2.75) is 26.3 Å². The number of imidazole rings is 1. The number of H-pyrrole nitrogens is 1. The van der Waals surface area contributed by atoms with Gasteiger partial charge in [0.2, 0.25) is 0 Å². The number of aliphatic hydroxyl groups excluding tert-OH is 1. The van der Waals surface area contributed by atoms with Crippen molar-refractivity contribution >= 4 is 0 Å². The Kier molecular flexibility index (Phi) is 5.36. The first-order valence-corrected chi connectivity index (χ1v) is 9.70. The van der Waals surface area contributed by atoms with Gasteiger partial charge in [-0.05, 0) is 38.3 Å². The van der Waals surface area contributed by atoms with Gasteiger partial charge in [-0.15, -0.1) is 0 Å². The van der Waals surface area contributed by atoms with Crippen molar-refractivity contribution < 1.29 is 5.11 Å². The average molecular weight is 365 g/mol. The summed E-state index contributed by atoms with van der Waals surface area (Å²) >= 11 is 0. The number of rotatable bonds is 6. The van der Waals surface area contributed by atoms with Gasteiger partial charge in [0.1, 0.15) is 5.69 Å². The van der Waals surface area contributed by atoms with Crippen LogP contribution in [0.4, 0.5) is 0 Å². The van der Waals surface area contributed by atoms with Gasteiger partial charge in [-0.3, -0.25) is 5.10 Å². The molecule has 0 spiro atoms. The van der Waals surface area contributed by atoms with Gasteiger partial charge in [0, 0.05) is 37.5 Å². The molecule has 142 valence electrons. The molecule has 0 aliphatic carbocycles. The number of benzene rings is 1. The van der Waals surface area contributed by atoms with Gasteiger partial charge < -0.3 is 14.6 Å². The van der Waals surface area contributed by atoms with E-state index in [9.17, 15) is 5.11 Å². The third-order valence-corrected chi connectivity index (χ3v) is 5.35. The largest absolute Gasteiger partial charge is 0.396 e. The van der Waals surface area contributed by atoms with Gasteiger partial charge in [0.25, 0.3) is 0 Å². The zero-order valence-electron chi connectivity index (χ0n) is 15.8. The van der Waals surface area contributed by atoms with E-state index in [0.717, 1.165) is 67.4 Å². The molecule has 1 aromatic carbocycles. The summed E-state index contributed by atoms with van der Waals surface area (Å²) < 4.78 is 2.21. The second kappa shape index (κ2) is 8.06. The number of hydrogen-bond acceptors (Lipinski definition) is 4. The highest BCUT2D eigenvalue weighted by Gasteiger charge is 2.21.